The van der Waals surface area contributed by atoms with Crippen molar-refractivity contribution < 1.29 is 31.3 Å². The third-order valence-corrected chi connectivity index (χ3v) is 7.71. The summed E-state index contributed by atoms with van der Waals surface area (Å²) in [7, 11) is 0. The van der Waals surface area contributed by atoms with Gasteiger partial charge in [-0.15, -0.1) is 23.5 Å². The van der Waals surface area contributed by atoms with Crippen LogP contribution >= 0.6 is 94.6 Å². The Morgan fingerprint density at radius 1 is 0.476 bits per heavy atom. The molecule has 12 heteroatoms. The van der Waals surface area contributed by atoms with Gasteiger partial charge in [-0.25, -0.2) is 0 Å². The molecule has 4 aromatic heterocycles. The van der Waals surface area contributed by atoms with Crippen LogP contribution in [0.5, 0.6) is 0 Å². The third-order valence-electron chi connectivity index (χ3n) is 5.48. The minimum atomic E-state index is -0.0700. The molecule has 42 heavy (non-hydrogen) atoms. The van der Waals surface area contributed by atoms with E-state index in [0.717, 1.165) is 22.5 Å². The molecular weight excluding hydrogens is 1210 g/mol. The van der Waals surface area contributed by atoms with Crippen LogP contribution in [0.1, 0.15) is 11.1 Å². The minimum Gasteiger partial charge on any atom is -0.265 e. The molecule has 0 unspecified atom stereocenters. The molecule has 6 aromatic rings. The first kappa shape index (κ1) is 37.5. The maximum Gasteiger partial charge on any atom is 0.0837 e. The average molecular weight is 1240 g/mol. The van der Waals surface area contributed by atoms with E-state index in [0.29, 0.717) is 0 Å². The van der Waals surface area contributed by atoms with Gasteiger partial charge in [-0.2, -0.15) is 0 Å². The molecule has 0 bridgehead atoms. The van der Waals surface area contributed by atoms with Gasteiger partial charge in [0.05, 0.1) is 11.0 Å². The number of thioether (sulfide) groups is 2. The van der Waals surface area contributed by atoms with Crippen molar-refractivity contribution in [3.8, 4) is 0 Å². The first-order chi connectivity index (χ1) is 20.7. The topological polar surface area (TPSA) is 51.6 Å². The van der Waals surface area contributed by atoms with Crippen molar-refractivity contribution >= 4 is 116 Å². The molecule has 0 atom stereocenters. The second kappa shape index (κ2) is 23.4. The Balaban J connectivity index is 0.000000195. The molecule has 6 rings (SSSR count). The molecule has 4 nitrogen and oxygen atoms in total. The molecule has 0 N–H and O–H groups in total. The van der Waals surface area contributed by atoms with Gasteiger partial charge in [-0.05, 0) is 59.7 Å². The van der Waals surface area contributed by atoms with Crippen molar-refractivity contribution in [3.63, 3.8) is 0 Å². The van der Waals surface area contributed by atoms with E-state index in [4.69, 9.17) is 0 Å². The smallest absolute Gasteiger partial charge is 0.0837 e. The van der Waals surface area contributed by atoms with Gasteiger partial charge in [-0.3, -0.25) is 19.9 Å². The fraction of sp³-hybridized carbons (Fsp3) is 0.0667. The Labute approximate surface area is 316 Å². The Bertz CT molecular complexity index is 1480. The van der Waals surface area contributed by atoms with Crippen molar-refractivity contribution in [1.29, 1.82) is 0 Å². The molecule has 0 aliphatic heterocycles. The van der Waals surface area contributed by atoms with Crippen LogP contribution in [-0.4, -0.2) is 19.9 Å². The largest absolute Gasteiger partial charge is 0.265 e. The zero-order valence-corrected chi connectivity index (χ0v) is 40.8. The van der Waals surface area contributed by atoms with E-state index in [-0.39, 0.29) is 31.3 Å². The van der Waals surface area contributed by atoms with Gasteiger partial charge in [0.15, 0.2) is 0 Å². The van der Waals surface area contributed by atoms with Gasteiger partial charge in [0.25, 0.3) is 0 Å². The summed E-state index contributed by atoms with van der Waals surface area (Å²) in [5.74, 6) is 1.89. The van der Waals surface area contributed by atoms with E-state index in [2.05, 4.69) is 140 Å². The van der Waals surface area contributed by atoms with Crippen molar-refractivity contribution in [3.05, 3.63) is 133 Å². The molecule has 0 aliphatic rings. The molecule has 0 fully saturated rings. The van der Waals surface area contributed by atoms with Crippen molar-refractivity contribution in [2.24, 2.45) is 0 Å². The number of pyridine rings is 4. The quantitative estimate of drug-likeness (QED) is 0.0941. The molecule has 0 saturated heterocycles. The predicted molar refractivity (Wildman–Crippen MR) is 207 cm³/mol. The Morgan fingerprint density at radius 3 is 1.21 bits per heavy atom. The van der Waals surface area contributed by atoms with Crippen LogP contribution in [0.4, 0.5) is 0 Å². The number of halogens is 4. The number of rotatable bonds is 6. The van der Waals surface area contributed by atoms with Gasteiger partial charge < -0.3 is 0 Å². The maximum absolute atomic E-state index is 4.46. The Morgan fingerprint density at radius 2 is 0.833 bits per heavy atom. The predicted octanol–water partition coefficient (Wildman–Crippen LogP) is 11.4. The molecule has 0 amide bonds. The van der Waals surface area contributed by atoms with E-state index in [1.54, 1.807) is 0 Å². The number of benzene rings is 2. The zero-order valence-electron chi connectivity index (χ0n) is 22.5. The number of para-hydroxylation sites is 2. The second-order valence-corrected chi connectivity index (χ2v) is 71.0. The van der Waals surface area contributed by atoms with Crippen molar-refractivity contribution in [2.45, 2.75) is 21.3 Å². The van der Waals surface area contributed by atoms with Gasteiger partial charge in [0.2, 0.25) is 0 Å². The van der Waals surface area contributed by atoms with Crippen molar-refractivity contribution in [1.82, 2.24) is 19.9 Å². The fourth-order valence-electron chi connectivity index (χ4n) is 3.67. The van der Waals surface area contributed by atoms with Gasteiger partial charge >= 0.3 is 102 Å². The number of hydrogen-bond acceptors (Lipinski definition) is 6. The van der Waals surface area contributed by atoms with Crippen LogP contribution < -0.4 is 0 Å². The summed E-state index contributed by atoms with van der Waals surface area (Å²) in [5.41, 5.74) is 4.73. The van der Waals surface area contributed by atoms with Crippen LogP contribution in [0.15, 0.2) is 132 Å². The molecule has 0 aliphatic carbocycles. The average Bonchev–Trinajstić information content (AvgIpc) is 3.05. The van der Waals surface area contributed by atoms with E-state index >= 15 is 0 Å². The van der Waals surface area contributed by atoms with Crippen molar-refractivity contribution in [2.75, 3.05) is 0 Å². The number of aromatic nitrogens is 4. The summed E-state index contributed by atoms with van der Waals surface area (Å²) >= 11 is 13.4. The van der Waals surface area contributed by atoms with Crippen LogP contribution in [0.2, 0.25) is 0 Å². The SMILES string of the molecule is [I][Cd][I].[I][Cd][I].c1cnc2c(SCc3ccncc3)cccc2c1.c1cnc2c(SCc3ccncc3)cccc2c1. The number of nitrogens with zero attached hydrogens (tertiary/aromatic N) is 4. The summed E-state index contributed by atoms with van der Waals surface area (Å²) in [6.45, 7) is 0. The zero-order chi connectivity index (χ0) is 29.8. The van der Waals surface area contributed by atoms with Crippen LogP contribution in [0.25, 0.3) is 21.8 Å². The molecule has 0 saturated carbocycles. The van der Waals surface area contributed by atoms with Gasteiger partial charge in [-0.1, -0.05) is 36.4 Å². The van der Waals surface area contributed by atoms with Gasteiger partial charge in [0, 0.05) is 69.3 Å². The standard InChI is InChI=1S/2C15H12N2S.2Cd.4HI/c2*1-3-13-4-2-8-17-15(13)14(5-1)18-11-12-6-9-16-10-7-12;;;;;;/h2*1-10H,11H2;;;4*1H/q;;2*+2;;;;/p-4. The second-order valence-electron chi connectivity index (χ2n) is 8.15. The summed E-state index contributed by atoms with van der Waals surface area (Å²) in [4.78, 5) is 19.4. The summed E-state index contributed by atoms with van der Waals surface area (Å²) in [6.07, 6.45) is 11.0. The molecule has 2 aromatic carbocycles. The number of hydrogen-bond donors (Lipinski definition) is 0. The van der Waals surface area contributed by atoms with Crippen LogP contribution in [0, 0.1) is 0 Å². The normalized spacial score (nSPS) is 9.62. The van der Waals surface area contributed by atoms with Gasteiger partial charge in [0.1, 0.15) is 0 Å². The van der Waals surface area contributed by atoms with E-state index in [1.807, 2.05) is 97.1 Å². The van der Waals surface area contributed by atoms with Crippen LogP contribution in [0.3, 0.4) is 0 Å². The maximum atomic E-state index is 4.46. The molecule has 4 heterocycles. The number of fused-ring (bicyclic) bond motifs is 2. The minimum absolute atomic E-state index is 0.0700. The summed E-state index contributed by atoms with van der Waals surface area (Å²) < 4.78 is 0. The van der Waals surface area contributed by atoms with E-state index in [1.165, 1.54) is 31.7 Å². The first-order valence-electron chi connectivity index (χ1n) is 12.6. The monoisotopic (exact) mass is 1240 g/mol. The fourth-order valence-corrected chi connectivity index (χ4v) is 5.66. The third kappa shape index (κ3) is 13.8. The Hall–Kier alpha value is 1.02. The first-order valence-corrected chi connectivity index (χ1v) is 61.7. The molecule has 208 valence electrons. The summed E-state index contributed by atoms with van der Waals surface area (Å²) in [5, 5.41) is 2.38. The van der Waals surface area contributed by atoms with E-state index < -0.39 is 0 Å². The molecular formula is C30H24Cd2I4N4S2. The Kier molecular flexibility index (Phi) is 20.8. The van der Waals surface area contributed by atoms with Crippen LogP contribution in [-0.2, 0) is 42.8 Å². The summed E-state index contributed by atoms with van der Waals surface area (Å²) in [6, 6.07) is 28.9. The van der Waals surface area contributed by atoms with E-state index in [9.17, 15) is 0 Å². The molecule has 0 spiro atoms. The molecule has 0 radical (unpaired) electrons.